The maximum Gasteiger partial charge on any atom is 0.240 e. The first kappa shape index (κ1) is 19.0. The Bertz CT molecular complexity index is 842. The van der Waals surface area contributed by atoms with Gasteiger partial charge in [-0.1, -0.05) is 29.8 Å². The summed E-state index contributed by atoms with van der Waals surface area (Å²) in [5.41, 5.74) is 6.42. The van der Waals surface area contributed by atoms with Crippen LogP contribution in [0.2, 0.25) is 5.02 Å². The number of nitrogens with two attached hydrogens (primary N) is 1. The lowest BCUT2D eigenvalue weighted by Crippen LogP contribution is -2.28. The van der Waals surface area contributed by atoms with Crippen LogP contribution in [0.3, 0.4) is 0 Å². The number of hydrogen-bond acceptors (Lipinski definition) is 4. The van der Waals surface area contributed by atoms with Gasteiger partial charge in [0.1, 0.15) is 5.75 Å². The number of aliphatic imine (C=N–C) groups is 1. The van der Waals surface area contributed by atoms with E-state index < -0.39 is 10.0 Å². The SMILES string of the molecule is COc1ccc(NC(N)=NCCNS(=O)(=O)c2ccccc2)cc1Cl. The number of ether oxygens (including phenoxy) is 1. The van der Waals surface area contributed by atoms with Crippen LogP contribution in [-0.4, -0.2) is 34.6 Å². The predicted molar refractivity (Wildman–Crippen MR) is 99.7 cm³/mol. The first-order valence-corrected chi connectivity index (χ1v) is 9.23. The highest BCUT2D eigenvalue weighted by atomic mass is 35.5. The van der Waals surface area contributed by atoms with Crippen LogP contribution >= 0.6 is 11.6 Å². The second-order valence-electron chi connectivity index (χ2n) is 4.95. The quantitative estimate of drug-likeness (QED) is 0.386. The normalized spacial score (nSPS) is 12.0. The van der Waals surface area contributed by atoms with E-state index in [4.69, 9.17) is 22.1 Å². The van der Waals surface area contributed by atoms with E-state index in [1.807, 2.05) is 0 Å². The third kappa shape index (κ3) is 5.63. The van der Waals surface area contributed by atoms with Gasteiger partial charge in [0, 0.05) is 12.2 Å². The molecule has 0 amide bonds. The number of anilines is 1. The predicted octanol–water partition coefficient (Wildman–Crippen LogP) is 2.05. The summed E-state index contributed by atoms with van der Waals surface area (Å²) in [5, 5.41) is 3.31. The van der Waals surface area contributed by atoms with Gasteiger partial charge in [0.15, 0.2) is 5.96 Å². The topological polar surface area (TPSA) is 106 Å². The molecule has 7 nitrogen and oxygen atoms in total. The van der Waals surface area contributed by atoms with Crippen LogP contribution < -0.4 is 20.5 Å². The Hall–Kier alpha value is -2.29. The number of sulfonamides is 1. The molecule has 9 heteroatoms. The highest BCUT2D eigenvalue weighted by Gasteiger charge is 2.11. The Morgan fingerprint density at radius 3 is 2.60 bits per heavy atom. The van der Waals surface area contributed by atoms with Gasteiger partial charge in [-0.25, -0.2) is 13.1 Å². The lowest BCUT2D eigenvalue weighted by atomic mass is 10.3. The maximum atomic E-state index is 12.0. The minimum atomic E-state index is -3.54. The Kier molecular flexibility index (Phi) is 6.63. The van der Waals surface area contributed by atoms with Gasteiger partial charge in [-0.2, -0.15) is 0 Å². The summed E-state index contributed by atoms with van der Waals surface area (Å²) >= 11 is 6.03. The van der Waals surface area contributed by atoms with Crippen LogP contribution in [0.1, 0.15) is 0 Å². The van der Waals surface area contributed by atoms with E-state index in [9.17, 15) is 8.42 Å². The van der Waals surface area contributed by atoms with E-state index in [1.165, 1.54) is 19.2 Å². The fourth-order valence-corrected chi connectivity index (χ4v) is 3.27. The molecule has 2 aromatic carbocycles. The van der Waals surface area contributed by atoms with Crippen molar-refractivity contribution in [2.24, 2.45) is 10.7 Å². The fourth-order valence-electron chi connectivity index (χ4n) is 1.97. The van der Waals surface area contributed by atoms with Gasteiger partial charge in [-0.05, 0) is 30.3 Å². The van der Waals surface area contributed by atoms with E-state index in [2.05, 4.69) is 15.0 Å². The molecule has 25 heavy (non-hydrogen) atoms. The fraction of sp³-hybridized carbons (Fsp3) is 0.188. The number of halogens is 1. The summed E-state index contributed by atoms with van der Waals surface area (Å²) in [5.74, 6) is 0.707. The minimum absolute atomic E-state index is 0.128. The molecule has 4 N–H and O–H groups in total. The van der Waals surface area contributed by atoms with Crippen molar-refractivity contribution in [3.63, 3.8) is 0 Å². The van der Waals surface area contributed by atoms with Gasteiger partial charge < -0.3 is 15.8 Å². The molecule has 0 radical (unpaired) electrons. The molecule has 0 aliphatic carbocycles. The third-order valence-electron chi connectivity index (χ3n) is 3.16. The van der Waals surface area contributed by atoms with Gasteiger partial charge in [-0.3, -0.25) is 4.99 Å². The van der Waals surface area contributed by atoms with Crippen LogP contribution in [-0.2, 0) is 10.0 Å². The molecule has 0 heterocycles. The Balaban J connectivity index is 1.86. The Morgan fingerprint density at radius 1 is 1.24 bits per heavy atom. The van der Waals surface area contributed by atoms with Gasteiger partial charge in [0.25, 0.3) is 0 Å². The molecule has 0 bridgehead atoms. The first-order chi connectivity index (χ1) is 11.9. The molecule has 0 atom stereocenters. The van der Waals surface area contributed by atoms with E-state index in [1.54, 1.807) is 36.4 Å². The molecule has 0 unspecified atom stereocenters. The number of nitrogens with zero attached hydrogens (tertiary/aromatic N) is 1. The van der Waals surface area contributed by atoms with Gasteiger partial charge >= 0.3 is 0 Å². The molecule has 0 fully saturated rings. The molecule has 0 saturated heterocycles. The minimum Gasteiger partial charge on any atom is -0.495 e. The molecule has 0 aromatic heterocycles. The molecule has 0 aliphatic heterocycles. The summed E-state index contributed by atoms with van der Waals surface area (Å²) < 4.78 is 31.6. The van der Waals surface area contributed by atoms with E-state index in [0.29, 0.717) is 16.5 Å². The maximum absolute atomic E-state index is 12.0. The number of methoxy groups -OCH3 is 1. The van der Waals surface area contributed by atoms with Crippen molar-refractivity contribution in [3.05, 3.63) is 53.6 Å². The molecule has 0 spiro atoms. The summed E-state index contributed by atoms with van der Waals surface area (Å²) in [6.07, 6.45) is 0. The Labute approximate surface area is 151 Å². The average molecular weight is 383 g/mol. The number of benzene rings is 2. The lowest BCUT2D eigenvalue weighted by molar-refractivity contribution is 0.415. The Morgan fingerprint density at radius 2 is 1.96 bits per heavy atom. The highest BCUT2D eigenvalue weighted by Crippen LogP contribution is 2.26. The van der Waals surface area contributed by atoms with E-state index in [-0.39, 0.29) is 23.9 Å². The molecular formula is C16H19ClN4O3S. The summed E-state index contributed by atoms with van der Waals surface area (Å²) in [6, 6.07) is 13.2. The van der Waals surface area contributed by atoms with Crippen molar-refractivity contribution in [3.8, 4) is 5.75 Å². The molecule has 0 aliphatic rings. The van der Waals surface area contributed by atoms with E-state index in [0.717, 1.165) is 0 Å². The summed E-state index contributed by atoms with van der Waals surface area (Å²) in [4.78, 5) is 4.28. The number of nitrogens with one attached hydrogen (secondary N) is 2. The highest BCUT2D eigenvalue weighted by molar-refractivity contribution is 7.89. The monoisotopic (exact) mass is 382 g/mol. The van der Waals surface area contributed by atoms with Crippen LogP contribution in [0.5, 0.6) is 5.75 Å². The molecule has 2 aromatic rings. The van der Waals surface area contributed by atoms with Crippen molar-refractivity contribution in [1.29, 1.82) is 0 Å². The first-order valence-electron chi connectivity index (χ1n) is 7.37. The second-order valence-corrected chi connectivity index (χ2v) is 7.13. The second kappa shape index (κ2) is 8.70. The molecule has 2 rings (SSSR count). The molecule has 0 saturated carbocycles. The van der Waals surface area contributed by atoms with Gasteiger partial charge in [-0.15, -0.1) is 0 Å². The summed E-state index contributed by atoms with van der Waals surface area (Å²) in [6.45, 7) is 0.317. The van der Waals surface area contributed by atoms with Crippen molar-refractivity contribution < 1.29 is 13.2 Å². The summed E-state index contributed by atoms with van der Waals surface area (Å²) in [7, 11) is -2.01. The standard InChI is InChI=1S/C16H19ClN4O3S/c1-24-15-8-7-12(11-14(15)17)21-16(18)19-9-10-20-25(22,23)13-5-3-2-4-6-13/h2-8,11,20H,9-10H2,1H3,(H3,18,19,21). The van der Waals surface area contributed by atoms with Crippen molar-refractivity contribution in [2.75, 3.05) is 25.5 Å². The largest absolute Gasteiger partial charge is 0.495 e. The molecule has 134 valence electrons. The average Bonchev–Trinajstić information content (AvgIpc) is 2.60. The zero-order valence-corrected chi connectivity index (χ0v) is 15.1. The molecular weight excluding hydrogens is 364 g/mol. The number of guanidine groups is 1. The van der Waals surface area contributed by atoms with E-state index >= 15 is 0 Å². The number of rotatable bonds is 7. The van der Waals surface area contributed by atoms with Crippen molar-refractivity contribution in [2.45, 2.75) is 4.90 Å². The van der Waals surface area contributed by atoms with Crippen LogP contribution in [0.4, 0.5) is 5.69 Å². The lowest BCUT2D eigenvalue weighted by Gasteiger charge is -2.09. The van der Waals surface area contributed by atoms with Crippen molar-refractivity contribution >= 4 is 33.3 Å². The van der Waals surface area contributed by atoms with Crippen LogP contribution in [0, 0.1) is 0 Å². The zero-order valence-electron chi connectivity index (χ0n) is 13.6. The zero-order chi connectivity index (χ0) is 18.3. The number of hydrogen-bond donors (Lipinski definition) is 3. The van der Waals surface area contributed by atoms with Gasteiger partial charge in [0.2, 0.25) is 10.0 Å². The van der Waals surface area contributed by atoms with Crippen LogP contribution in [0.25, 0.3) is 0 Å². The smallest absolute Gasteiger partial charge is 0.240 e. The van der Waals surface area contributed by atoms with Crippen molar-refractivity contribution in [1.82, 2.24) is 4.72 Å². The third-order valence-corrected chi connectivity index (χ3v) is 4.94. The van der Waals surface area contributed by atoms with Gasteiger partial charge in [0.05, 0.1) is 23.6 Å². The van der Waals surface area contributed by atoms with Crippen LogP contribution in [0.15, 0.2) is 58.4 Å².